The maximum absolute atomic E-state index is 13.2. The number of hydrogen-bond acceptors (Lipinski definition) is 7. The number of alkyl halides is 6. The van der Waals surface area contributed by atoms with Crippen molar-refractivity contribution >= 4 is 11.4 Å². The smallest absolute Gasteiger partial charge is 0.416 e. The van der Waals surface area contributed by atoms with Crippen LogP contribution in [0.25, 0.3) is 0 Å². The minimum Gasteiger partial charge on any atom is -0.482 e. The standard InChI is InChI=1S/C26H29F6N5O3/c1-24(33-7-8-34-24)16-40-23-4-3-21(14-22(23)37(38)39)36-9-5-20(6-10-36)35(2)15-17-11-18(25(27,28)29)13-19(12-17)26(30,31)32/h3-4,7-8,11-14,20,33-34H,5-6,9-10,15-16H2,1-2H3. The Balaban J connectivity index is 1.40. The Morgan fingerprint density at radius 3 is 2.12 bits per heavy atom. The predicted molar refractivity (Wildman–Crippen MR) is 136 cm³/mol. The molecule has 1 saturated heterocycles. The Morgan fingerprint density at radius 1 is 1.02 bits per heavy atom. The highest BCUT2D eigenvalue weighted by Crippen LogP contribution is 2.37. The largest absolute Gasteiger partial charge is 0.482 e. The van der Waals surface area contributed by atoms with E-state index in [0.29, 0.717) is 31.6 Å². The molecular formula is C26H29F6N5O3. The van der Waals surface area contributed by atoms with E-state index in [-0.39, 0.29) is 42.3 Å². The fourth-order valence-electron chi connectivity index (χ4n) is 4.86. The number of hydrogen-bond donors (Lipinski definition) is 2. The lowest BCUT2D eigenvalue weighted by atomic mass is 10.0. The molecule has 0 atom stereocenters. The molecule has 2 aliphatic rings. The van der Waals surface area contributed by atoms with Gasteiger partial charge in [-0.15, -0.1) is 0 Å². The number of rotatable bonds is 8. The minimum absolute atomic E-state index is 0.0778. The van der Waals surface area contributed by atoms with Crippen molar-refractivity contribution in [3.63, 3.8) is 0 Å². The van der Waals surface area contributed by atoms with Gasteiger partial charge in [0.2, 0.25) is 0 Å². The molecule has 2 heterocycles. The van der Waals surface area contributed by atoms with Crippen molar-refractivity contribution in [1.29, 1.82) is 0 Å². The van der Waals surface area contributed by atoms with Crippen LogP contribution in [0.15, 0.2) is 48.8 Å². The highest BCUT2D eigenvalue weighted by Gasteiger charge is 2.37. The molecule has 0 amide bonds. The van der Waals surface area contributed by atoms with Crippen molar-refractivity contribution in [2.75, 3.05) is 31.6 Å². The summed E-state index contributed by atoms with van der Waals surface area (Å²) in [6, 6.07) is 6.23. The molecule has 0 aliphatic carbocycles. The molecule has 2 N–H and O–H groups in total. The van der Waals surface area contributed by atoms with Crippen LogP contribution in [0.1, 0.15) is 36.5 Å². The van der Waals surface area contributed by atoms with Crippen LogP contribution in [0.3, 0.4) is 0 Å². The van der Waals surface area contributed by atoms with Crippen LogP contribution >= 0.6 is 0 Å². The number of anilines is 1. The number of halogens is 6. The molecule has 0 saturated carbocycles. The maximum Gasteiger partial charge on any atom is 0.416 e. The summed E-state index contributed by atoms with van der Waals surface area (Å²) in [5.74, 6) is 0.124. The molecule has 8 nitrogen and oxygen atoms in total. The summed E-state index contributed by atoms with van der Waals surface area (Å²) in [7, 11) is 1.66. The molecule has 0 aromatic heterocycles. The minimum atomic E-state index is -4.90. The van der Waals surface area contributed by atoms with Gasteiger partial charge in [-0.05, 0) is 62.7 Å². The van der Waals surface area contributed by atoms with E-state index in [1.54, 1.807) is 36.5 Å². The van der Waals surface area contributed by atoms with Crippen molar-refractivity contribution in [3.8, 4) is 5.75 Å². The van der Waals surface area contributed by atoms with Crippen molar-refractivity contribution in [3.05, 3.63) is 75.6 Å². The molecule has 2 aromatic rings. The molecule has 0 bridgehead atoms. The normalized spacial score (nSPS) is 17.6. The molecule has 0 unspecified atom stereocenters. The van der Waals surface area contributed by atoms with Crippen LogP contribution < -0.4 is 20.3 Å². The van der Waals surface area contributed by atoms with Gasteiger partial charge in [-0.1, -0.05) is 0 Å². The summed E-state index contributed by atoms with van der Waals surface area (Å²) in [5.41, 5.74) is -2.91. The van der Waals surface area contributed by atoms with E-state index in [0.717, 1.165) is 12.1 Å². The number of nitro groups is 1. The van der Waals surface area contributed by atoms with Gasteiger partial charge in [-0.3, -0.25) is 15.0 Å². The molecular weight excluding hydrogens is 544 g/mol. The fraction of sp³-hybridized carbons (Fsp3) is 0.462. The fourth-order valence-corrected chi connectivity index (χ4v) is 4.86. The van der Waals surface area contributed by atoms with E-state index in [4.69, 9.17) is 4.74 Å². The Labute approximate surface area is 226 Å². The quantitative estimate of drug-likeness (QED) is 0.246. The highest BCUT2D eigenvalue weighted by molar-refractivity contribution is 5.60. The summed E-state index contributed by atoms with van der Waals surface area (Å²) in [6.07, 6.45) is -5.25. The summed E-state index contributed by atoms with van der Waals surface area (Å²) in [5, 5.41) is 17.9. The van der Waals surface area contributed by atoms with Crippen LogP contribution in [0.2, 0.25) is 0 Å². The molecule has 1 fully saturated rings. The van der Waals surface area contributed by atoms with Crippen LogP contribution in [0.5, 0.6) is 5.75 Å². The average Bonchev–Trinajstić information content (AvgIpc) is 3.32. The molecule has 2 aromatic carbocycles. The lowest BCUT2D eigenvalue weighted by Gasteiger charge is -2.38. The third-order valence-electron chi connectivity index (χ3n) is 7.08. The second-order valence-electron chi connectivity index (χ2n) is 10.2. The molecule has 0 radical (unpaired) electrons. The van der Waals surface area contributed by atoms with Crippen LogP contribution in [-0.2, 0) is 18.9 Å². The van der Waals surface area contributed by atoms with Crippen molar-refractivity contribution in [1.82, 2.24) is 15.5 Å². The summed E-state index contributed by atoms with van der Waals surface area (Å²) in [6.45, 7) is 2.89. The summed E-state index contributed by atoms with van der Waals surface area (Å²) >= 11 is 0. The van der Waals surface area contributed by atoms with E-state index in [1.165, 1.54) is 6.07 Å². The van der Waals surface area contributed by atoms with E-state index in [9.17, 15) is 36.5 Å². The lowest BCUT2D eigenvalue weighted by Crippen LogP contribution is -2.50. The molecule has 40 heavy (non-hydrogen) atoms. The van der Waals surface area contributed by atoms with E-state index in [1.807, 2.05) is 11.8 Å². The average molecular weight is 574 g/mol. The van der Waals surface area contributed by atoms with Gasteiger partial charge in [0.05, 0.1) is 16.1 Å². The van der Waals surface area contributed by atoms with Gasteiger partial charge >= 0.3 is 18.0 Å². The number of benzene rings is 2. The van der Waals surface area contributed by atoms with Gasteiger partial charge in [0.15, 0.2) is 5.75 Å². The number of nitrogens with zero attached hydrogens (tertiary/aromatic N) is 3. The first-order valence-electron chi connectivity index (χ1n) is 12.5. The zero-order valence-electron chi connectivity index (χ0n) is 21.8. The lowest BCUT2D eigenvalue weighted by molar-refractivity contribution is -0.385. The van der Waals surface area contributed by atoms with Gasteiger partial charge < -0.3 is 20.3 Å². The van der Waals surface area contributed by atoms with Crippen molar-refractivity contribution in [2.45, 2.75) is 50.4 Å². The van der Waals surface area contributed by atoms with Gasteiger partial charge in [-0.25, -0.2) is 0 Å². The van der Waals surface area contributed by atoms with E-state index in [2.05, 4.69) is 10.6 Å². The van der Waals surface area contributed by atoms with Gasteiger partial charge in [0.25, 0.3) is 0 Å². The number of ether oxygens (including phenoxy) is 1. The Bertz CT molecular complexity index is 1220. The Hall–Kier alpha value is -3.68. The summed E-state index contributed by atoms with van der Waals surface area (Å²) in [4.78, 5) is 14.9. The Morgan fingerprint density at radius 2 is 1.60 bits per heavy atom. The monoisotopic (exact) mass is 573 g/mol. The van der Waals surface area contributed by atoms with Crippen LogP contribution in [0.4, 0.5) is 37.7 Å². The SMILES string of the molecule is CN(Cc1cc(C(F)(F)F)cc(C(F)(F)F)c1)C1CCN(c2ccc(OCC3(C)NC=CN3)c([N+](=O)[O-])c2)CC1. The number of nitrogens with one attached hydrogen (secondary N) is 2. The van der Waals surface area contributed by atoms with Gasteiger partial charge in [0.1, 0.15) is 12.3 Å². The molecule has 0 spiro atoms. The maximum atomic E-state index is 13.2. The topological polar surface area (TPSA) is 82.9 Å². The first-order chi connectivity index (χ1) is 18.6. The zero-order valence-corrected chi connectivity index (χ0v) is 21.8. The molecule has 218 valence electrons. The van der Waals surface area contributed by atoms with E-state index >= 15 is 0 Å². The van der Waals surface area contributed by atoms with Crippen molar-refractivity contribution < 1.29 is 36.0 Å². The molecule has 14 heteroatoms. The van der Waals surface area contributed by atoms with Crippen molar-refractivity contribution in [2.24, 2.45) is 0 Å². The first kappa shape index (κ1) is 29.3. The molecule has 2 aliphatic heterocycles. The summed E-state index contributed by atoms with van der Waals surface area (Å²) < 4.78 is 85.0. The predicted octanol–water partition coefficient (Wildman–Crippen LogP) is 5.49. The second kappa shape index (κ2) is 11.1. The Kier molecular flexibility index (Phi) is 8.11. The van der Waals surface area contributed by atoms with Gasteiger partial charge in [-0.2, -0.15) is 26.3 Å². The third kappa shape index (κ3) is 6.90. The van der Waals surface area contributed by atoms with Crippen LogP contribution in [-0.4, -0.2) is 48.3 Å². The number of nitro benzene ring substituents is 1. The second-order valence-corrected chi connectivity index (χ2v) is 10.2. The third-order valence-corrected chi connectivity index (χ3v) is 7.08. The van der Waals surface area contributed by atoms with Gasteiger partial charge in [0, 0.05) is 49.8 Å². The molecule has 4 rings (SSSR count). The number of piperidine rings is 1. The zero-order chi connectivity index (χ0) is 29.3. The highest BCUT2D eigenvalue weighted by atomic mass is 19.4. The first-order valence-corrected chi connectivity index (χ1v) is 12.5. The van der Waals surface area contributed by atoms with E-state index < -0.39 is 34.1 Å². The van der Waals surface area contributed by atoms with Crippen LogP contribution in [0, 0.1) is 10.1 Å².